The average molecular weight is 461 g/mol. The van der Waals surface area contributed by atoms with Gasteiger partial charge in [-0.3, -0.25) is 19.4 Å². The van der Waals surface area contributed by atoms with Gasteiger partial charge in [-0.15, -0.1) is 0 Å². The number of halogens is 2. The van der Waals surface area contributed by atoms with E-state index in [2.05, 4.69) is 24.0 Å². The Balaban J connectivity index is 1.50. The number of nitrogens with zero attached hydrogens (tertiary/aromatic N) is 2. The highest BCUT2D eigenvalue weighted by Gasteiger charge is 2.58. The average Bonchev–Trinajstić information content (AvgIpc) is 3.09. The number of alkyl halides is 2. The molecule has 0 radical (unpaired) electrons. The van der Waals surface area contributed by atoms with Crippen molar-refractivity contribution in [3.05, 3.63) is 106 Å². The van der Waals surface area contributed by atoms with E-state index in [0.717, 1.165) is 6.54 Å². The molecule has 0 saturated carbocycles. The highest BCUT2D eigenvalue weighted by Crippen LogP contribution is 2.43. The van der Waals surface area contributed by atoms with Crippen LogP contribution in [0.1, 0.15) is 49.4 Å². The molecule has 0 aromatic heterocycles. The number of fused-ring (bicyclic) bond motifs is 1. The van der Waals surface area contributed by atoms with Crippen LogP contribution in [0, 0.1) is 6.92 Å². The Morgan fingerprint density at radius 2 is 1.44 bits per heavy atom. The maximum Gasteiger partial charge on any atom is 0.263 e. The summed E-state index contributed by atoms with van der Waals surface area (Å²) in [5, 5.41) is 0. The van der Waals surface area contributed by atoms with Crippen LogP contribution >= 0.6 is 0 Å². The third kappa shape index (κ3) is 3.58. The van der Waals surface area contributed by atoms with Gasteiger partial charge in [0.25, 0.3) is 6.43 Å². The second kappa shape index (κ2) is 8.85. The first kappa shape index (κ1) is 22.6. The first-order valence-corrected chi connectivity index (χ1v) is 11.5. The van der Waals surface area contributed by atoms with E-state index in [0.29, 0.717) is 42.9 Å². The summed E-state index contributed by atoms with van der Waals surface area (Å²) in [6, 6.07) is 20.8. The standard InChI is InChI=1S/C28H26F2N2O2/c1-19-7-2-3-8-21(19)18-31-13-15-32(16-14-31)28(22-10-6-9-20(17-22)27(29)30)25(33)23-11-4-5-12-24(23)26(28)34/h2-12,17,27H,13-16,18H2,1H3. The fraction of sp³-hybridized carbons (Fsp3) is 0.286. The molecule has 2 aliphatic rings. The van der Waals surface area contributed by atoms with E-state index in [1.54, 1.807) is 30.3 Å². The molecule has 0 bridgehead atoms. The van der Waals surface area contributed by atoms with Crippen LogP contribution in [-0.4, -0.2) is 47.5 Å². The van der Waals surface area contributed by atoms with Crippen molar-refractivity contribution >= 4 is 11.6 Å². The summed E-state index contributed by atoms with van der Waals surface area (Å²) < 4.78 is 27.1. The van der Waals surface area contributed by atoms with Crippen molar-refractivity contribution in [2.45, 2.75) is 25.4 Å². The van der Waals surface area contributed by atoms with Gasteiger partial charge in [0.1, 0.15) is 0 Å². The zero-order chi connectivity index (χ0) is 23.9. The molecule has 0 unspecified atom stereocenters. The van der Waals surface area contributed by atoms with Crippen LogP contribution in [0.5, 0.6) is 0 Å². The minimum absolute atomic E-state index is 0.188. The highest BCUT2D eigenvalue weighted by molar-refractivity contribution is 6.32. The van der Waals surface area contributed by atoms with Gasteiger partial charge < -0.3 is 0 Å². The topological polar surface area (TPSA) is 40.6 Å². The lowest BCUT2D eigenvalue weighted by molar-refractivity contribution is 0.0277. The van der Waals surface area contributed by atoms with Gasteiger partial charge in [-0.1, -0.05) is 66.7 Å². The summed E-state index contributed by atoms with van der Waals surface area (Å²) in [4.78, 5) is 31.9. The third-order valence-electron chi connectivity index (χ3n) is 7.13. The second-order valence-electron chi connectivity index (χ2n) is 9.03. The fourth-order valence-corrected chi connectivity index (χ4v) is 5.27. The predicted octanol–water partition coefficient (Wildman–Crippen LogP) is 5.02. The van der Waals surface area contributed by atoms with Gasteiger partial charge in [0.05, 0.1) is 0 Å². The van der Waals surface area contributed by atoms with Crippen molar-refractivity contribution in [2.24, 2.45) is 0 Å². The molecule has 0 spiro atoms. The smallest absolute Gasteiger partial charge is 0.263 e. The number of hydrogen-bond acceptors (Lipinski definition) is 4. The lowest BCUT2D eigenvalue weighted by Gasteiger charge is -2.44. The molecule has 1 fully saturated rings. The summed E-state index contributed by atoms with van der Waals surface area (Å²) in [5.41, 5.74) is 1.71. The number of ketones is 2. The molecule has 3 aromatic carbocycles. The van der Waals surface area contributed by atoms with E-state index >= 15 is 0 Å². The third-order valence-corrected chi connectivity index (χ3v) is 7.13. The van der Waals surface area contributed by atoms with Crippen LogP contribution in [0.2, 0.25) is 0 Å². The number of piperazine rings is 1. The minimum atomic E-state index is -2.68. The van der Waals surface area contributed by atoms with Crippen molar-refractivity contribution in [1.29, 1.82) is 0 Å². The summed E-state index contributed by atoms with van der Waals surface area (Å²) in [5.74, 6) is -0.654. The van der Waals surface area contributed by atoms with E-state index in [1.807, 2.05) is 17.0 Å². The number of benzene rings is 3. The Morgan fingerprint density at radius 1 is 0.824 bits per heavy atom. The van der Waals surface area contributed by atoms with Crippen molar-refractivity contribution in [3.63, 3.8) is 0 Å². The fourth-order valence-electron chi connectivity index (χ4n) is 5.27. The molecular weight excluding hydrogens is 434 g/mol. The van der Waals surface area contributed by atoms with Gasteiger partial charge in [-0.25, -0.2) is 8.78 Å². The SMILES string of the molecule is Cc1ccccc1CN1CCN(C2(c3cccc(C(F)F)c3)C(=O)c3ccccc3C2=O)CC1. The molecule has 0 N–H and O–H groups in total. The number of aryl methyl sites for hydroxylation is 1. The zero-order valence-corrected chi connectivity index (χ0v) is 19.0. The molecule has 4 nitrogen and oxygen atoms in total. The zero-order valence-electron chi connectivity index (χ0n) is 19.0. The largest absolute Gasteiger partial charge is 0.297 e. The Kier molecular flexibility index (Phi) is 5.88. The second-order valence-corrected chi connectivity index (χ2v) is 9.03. The quantitative estimate of drug-likeness (QED) is 0.501. The number of rotatable bonds is 5. The van der Waals surface area contributed by atoms with Crippen LogP contribution in [-0.2, 0) is 12.1 Å². The van der Waals surface area contributed by atoms with Crippen LogP contribution < -0.4 is 0 Å². The Morgan fingerprint density at radius 3 is 2.06 bits per heavy atom. The normalized spacial score (nSPS) is 18.5. The van der Waals surface area contributed by atoms with Gasteiger partial charge in [0.15, 0.2) is 17.1 Å². The number of Topliss-reactive ketones (excluding diaryl/α,β-unsaturated/α-hetero) is 2. The van der Waals surface area contributed by atoms with Crippen LogP contribution in [0.4, 0.5) is 8.78 Å². The molecule has 5 rings (SSSR count). The molecule has 3 aromatic rings. The van der Waals surface area contributed by atoms with Crippen molar-refractivity contribution in [3.8, 4) is 0 Å². The van der Waals surface area contributed by atoms with E-state index in [-0.39, 0.29) is 17.1 Å². The van der Waals surface area contributed by atoms with Crippen molar-refractivity contribution in [1.82, 2.24) is 9.80 Å². The molecule has 1 heterocycles. The van der Waals surface area contributed by atoms with Crippen LogP contribution in [0.15, 0.2) is 72.8 Å². The molecule has 6 heteroatoms. The Bertz CT molecular complexity index is 1210. The van der Waals surface area contributed by atoms with E-state index in [1.165, 1.54) is 29.3 Å². The van der Waals surface area contributed by atoms with Gasteiger partial charge in [-0.05, 0) is 29.7 Å². The minimum Gasteiger partial charge on any atom is -0.297 e. The van der Waals surface area contributed by atoms with E-state index in [4.69, 9.17) is 0 Å². The van der Waals surface area contributed by atoms with Crippen LogP contribution in [0.25, 0.3) is 0 Å². The molecule has 1 saturated heterocycles. The lowest BCUT2D eigenvalue weighted by atomic mass is 9.81. The van der Waals surface area contributed by atoms with E-state index in [9.17, 15) is 18.4 Å². The molecule has 34 heavy (non-hydrogen) atoms. The molecular formula is C28H26F2N2O2. The number of hydrogen-bond donors (Lipinski definition) is 0. The van der Waals surface area contributed by atoms with Crippen molar-refractivity contribution in [2.75, 3.05) is 26.2 Å². The first-order valence-electron chi connectivity index (χ1n) is 11.5. The summed E-state index contributed by atoms with van der Waals surface area (Å²) in [6.07, 6.45) is -2.68. The van der Waals surface area contributed by atoms with Gasteiger partial charge in [-0.2, -0.15) is 0 Å². The number of carbonyl (C=O) groups is 2. The summed E-state index contributed by atoms with van der Waals surface area (Å²) in [6.45, 7) is 5.18. The summed E-state index contributed by atoms with van der Waals surface area (Å²) in [7, 11) is 0. The monoisotopic (exact) mass is 460 g/mol. The Labute approximate surface area is 197 Å². The maximum atomic E-state index is 13.9. The van der Waals surface area contributed by atoms with Crippen molar-refractivity contribution < 1.29 is 18.4 Å². The molecule has 1 aliphatic carbocycles. The van der Waals surface area contributed by atoms with Gasteiger partial charge >= 0.3 is 0 Å². The van der Waals surface area contributed by atoms with Crippen LogP contribution in [0.3, 0.4) is 0 Å². The van der Waals surface area contributed by atoms with Gasteiger partial charge in [0.2, 0.25) is 0 Å². The first-order chi connectivity index (χ1) is 16.4. The maximum absolute atomic E-state index is 13.9. The highest BCUT2D eigenvalue weighted by atomic mass is 19.3. The predicted molar refractivity (Wildman–Crippen MR) is 126 cm³/mol. The molecule has 0 atom stereocenters. The Hall–Kier alpha value is -3.22. The van der Waals surface area contributed by atoms with E-state index < -0.39 is 12.0 Å². The molecule has 174 valence electrons. The number of carbonyl (C=O) groups excluding carboxylic acids is 2. The molecule has 1 aliphatic heterocycles. The summed E-state index contributed by atoms with van der Waals surface area (Å²) >= 11 is 0. The lowest BCUT2D eigenvalue weighted by Crippen LogP contribution is -2.60. The molecule has 0 amide bonds. The van der Waals surface area contributed by atoms with Gasteiger partial charge in [0, 0.05) is 49.4 Å².